The molecule has 0 saturated heterocycles. The average Bonchev–Trinajstić information content (AvgIpc) is 2.82. The molecular weight excluding hydrogens is 328 g/mol. The van der Waals surface area contributed by atoms with Crippen LogP contribution < -0.4 is 0 Å². The van der Waals surface area contributed by atoms with E-state index in [4.69, 9.17) is 5.26 Å². The van der Waals surface area contributed by atoms with Crippen LogP contribution in [-0.4, -0.2) is 19.1 Å². The van der Waals surface area contributed by atoms with Crippen molar-refractivity contribution in [3.8, 4) is 6.07 Å². The lowest BCUT2D eigenvalue weighted by atomic mass is 10.3. The molecule has 116 valence electrons. The zero-order chi connectivity index (χ0) is 16.6. The summed E-state index contributed by atoms with van der Waals surface area (Å²) in [4.78, 5) is 1.26. The van der Waals surface area contributed by atoms with Crippen molar-refractivity contribution in [2.24, 2.45) is 0 Å². The molecule has 0 saturated carbocycles. The van der Waals surface area contributed by atoms with Crippen molar-refractivity contribution in [2.45, 2.75) is 21.7 Å². The molecule has 2 aromatic heterocycles. The van der Waals surface area contributed by atoms with Crippen LogP contribution in [0.4, 0.5) is 0 Å². The maximum Gasteiger partial charge on any atom is 0.175 e. The van der Waals surface area contributed by atoms with Crippen LogP contribution in [0.1, 0.15) is 11.1 Å². The van der Waals surface area contributed by atoms with Gasteiger partial charge in [0.15, 0.2) is 9.84 Å². The van der Waals surface area contributed by atoms with Gasteiger partial charge in [0.1, 0.15) is 6.07 Å². The number of nitriles is 1. The second kappa shape index (κ2) is 5.76. The van der Waals surface area contributed by atoms with E-state index in [2.05, 4.69) is 12.1 Å². The Morgan fingerprint density at radius 3 is 2.43 bits per heavy atom. The lowest BCUT2D eigenvalue weighted by molar-refractivity contribution is 0.602. The Balaban J connectivity index is 2.01. The normalized spacial score (nSPS) is 11.5. The highest BCUT2D eigenvalue weighted by Gasteiger charge is 2.11. The number of hydrogen-bond acceptors (Lipinski definition) is 4. The zero-order valence-electron chi connectivity index (χ0n) is 12.6. The van der Waals surface area contributed by atoms with Crippen molar-refractivity contribution < 1.29 is 8.42 Å². The summed E-state index contributed by atoms with van der Waals surface area (Å²) in [5.74, 6) is 0. The van der Waals surface area contributed by atoms with Crippen molar-refractivity contribution >= 4 is 27.1 Å². The molecule has 0 unspecified atom stereocenters. The van der Waals surface area contributed by atoms with Crippen LogP contribution >= 0.6 is 11.8 Å². The minimum absolute atomic E-state index is 0.311. The first-order valence-electron chi connectivity index (χ1n) is 6.88. The van der Waals surface area contributed by atoms with Gasteiger partial charge in [-0.1, -0.05) is 11.8 Å². The van der Waals surface area contributed by atoms with Crippen LogP contribution in [0.25, 0.3) is 5.52 Å². The monoisotopic (exact) mass is 342 g/mol. The van der Waals surface area contributed by atoms with E-state index < -0.39 is 9.84 Å². The molecule has 4 nitrogen and oxygen atoms in total. The molecule has 1 aromatic carbocycles. The first-order chi connectivity index (χ1) is 10.9. The molecule has 0 spiro atoms. The SMILES string of the molecule is Cc1cc2ccc(C#N)cn2c1Sc1ccc(S(C)(=O)=O)cc1. The summed E-state index contributed by atoms with van der Waals surface area (Å²) in [6.45, 7) is 2.02. The fourth-order valence-electron chi connectivity index (χ4n) is 2.34. The molecule has 0 atom stereocenters. The van der Waals surface area contributed by atoms with Crippen LogP contribution in [0.3, 0.4) is 0 Å². The molecule has 23 heavy (non-hydrogen) atoms. The minimum atomic E-state index is -3.18. The fourth-order valence-corrected chi connectivity index (χ4v) is 3.94. The summed E-state index contributed by atoms with van der Waals surface area (Å²) >= 11 is 1.55. The zero-order valence-corrected chi connectivity index (χ0v) is 14.3. The van der Waals surface area contributed by atoms with Gasteiger partial charge in [-0.2, -0.15) is 5.26 Å². The number of aromatic nitrogens is 1. The smallest absolute Gasteiger partial charge is 0.175 e. The van der Waals surface area contributed by atoms with Gasteiger partial charge in [0.05, 0.1) is 15.5 Å². The summed E-state index contributed by atoms with van der Waals surface area (Å²) in [7, 11) is -3.18. The number of aryl methyl sites for hydroxylation is 1. The Hall–Kier alpha value is -2.23. The molecular formula is C17H14N2O2S2. The molecule has 0 fully saturated rings. The summed E-state index contributed by atoms with van der Waals surface area (Å²) in [6.07, 6.45) is 3.01. The molecule has 0 bridgehead atoms. The van der Waals surface area contributed by atoms with E-state index in [9.17, 15) is 8.42 Å². The van der Waals surface area contributed by atoms with Gasteiger partial charge < -0.3 is 4.40 Å². The fraction of sp³-hybridized carbons (Fsp3) is 0.118. The van der Waals surface area contributed by atoms with Crippen LogP contribution in [-0.2, 0) is 9.84 Å². The van der Waals surface area contributed by atoms with Gasteiger partial charge in [0.2, 0.25) is 0 Å². The number of rotatable bonds is 3. The van der Waals surface area contributed by atoms with Crippen molar-refractivity contribution in [3.05, 3.63) is 59.8 Å². The van der Waals surface area contributed by atoms with E-state index in [1.165, 1.54) is 6.26 Å². The lowest BCUT2D eigenvalue weighted by Gasteiger charge is -2.06. The van der Waals surface area contributed by atoms with Gasteiger partial charge in [0.25, 0.3) is 0 Å². The highest BCUT2D eigenvalue weighted by molar-refractivity contribution is 7.99. The third kappa shape index (κ3) is 3.11. The van der Waals surface area contributed by atoms with E-state index in [0.717, 1.165) is 21.0 Å². The Labute approximate surface area is 139 Å². The van der Waals surface area contributed by atoms with Gasteiger partial charge in [-0.3, -0.25) is 0 Å². The second-order valence-electron chi connectivity index (χ2n) is 5.30. The highest BCUT2D eigenvalue weighted by Crippen LogP contribution is 2.33. The van der Waals surface area contributed by atoms with Crippen LogP contribution in [0.15, 0.2) is 63.5 Å². The largest absolute Gasteiger partial charge is 0.310 e. The van der Waals surface area contributed by atoms with E-state index in [-0.39, 0.29) is 0 Å². The Kier molecular flexibility index (Phi) is 3.92. The molecule has 0 N–H and O–H groups in total. The van der Waals surface area contributed by atoms with Crippen molar-refractivity contribution in [2.75, 3.05) is 6.26 Å². The number of fused-ring (bicyclic) bond motifs is 1. The van der Waals surface area contributed by atoms with Crippen molar-refractivity contribution in [1.82, 2.24) is 4.40 Å². The predicted molar refractivity (Wildman–Crippen MR) is 90.5 cm³/mol. The van der Waals surface area contributed by atoms with Crippen molar-refractivity contribution in [1.29, 1.82) is 5.26 Å². The number of hydrogen-bond donors (Lipinski definition) is 0. The van der Waals surface area contributed by atoms with Crippen LogP contribution in [0.2, 0.25) is 0 Å². The molecule has 6 heteroatoms. The second-order valence-corrected chi connectivity index (χ2v) is 8.38. The first-order valence-corrected chi connectivity index (χ1v) is 9.59. The number of benzene rings is 1. The number of sulfone groups is 1. The molecule has 0 aliphatic carbocycles. The molecule has 0 amide bonds. The molecule has 3 aromatic rings. The first kappa shape index (κ1) is 15.7. The molecule has 2 heterocycles. The predicted octanol–water partition coefficient (Wildman–Crippen LogP) is 3.67. The summed E-state index contributed by atoms with van der Waals surface area (Å²) in [5, 5.41) is 10.1. The minimum Gasteiger partial charge on any atom is -0.310 e. The van der Waals surface area contributed by atoms with E-state index in [0.29, 0.717) is 10.5 Å². The van der Waals surface area contributed by atoms with Gasteiger partial charge in [-0.05, 0) is 55.0 Å². The summed E-state index contributed by atoms with van der Waals surface area (Å²) in [6, 6.07) is 14.8. The Morgan fingerprint density at radius 2 is 1.83 bits per heavy atom. The van der Waals surface area contributed by atoms with Gasteiger partial charge in [-0.25, -0.2) is 8.42 Å². The topological polar surface area (TPSA) is 62.3 Å². The lowest BCUT2D eigenvalue weighted by Crippen LogP contribution is -1.96. The molecule has 0 aliphatic rings. The van der Waals surface area contributed by atoms with Crippen LogP contribution in [0, 0.1) is 18.3 Å². The standard InChI is InChI=1S/C17H14N2O2S2/c1-12-9-14-4-3-13(10-18)11-19(14)17(12)22-15-5-7-16(8-6-15)23(2,20)21/h3-9,11H,1-2H3. The number of pyridine rings is 1. The molecule has 3 rings (SSSR count). The Morgan fingerprint density at radius 1 is 1.13 bits per heavy atom. The van der Waals surface area contributed by atoms with Crippen LogP contribution in [0.5, 0.6) is 0 Å². The Bertz CT molecular complexity index is 1030. The summed E-state index contributed by atoms with van der Waals surface area (Å²) in [5.41, 5.74) is 2.73. The highest BCUT2D eigenvalue weighted by atomic mass is 32.2. The quantitative estimate of drug-likeness (QED) is 0.728. The van der Waals surface area contributed by atoms with E-state index in [1.807, 2.05) is 23.6 Å². The van der Waals surface area contributed by atoms with E-state index >= 15 is 0 Å². The maximum absolute atomic E-state index is 11.5. The third-order valence-corrected chi connectivity index (χ3v) is 5.84. The molecule has 0 radical (unpaired) electrons. The summed E-state index contributed by atoms with van der Waals surface area (Å²) < 4.78 is 25.0. The van der Waals surface area contributed by atoms with E-state index in [1.54, 1.807) is 42.1 Å². The number of nitrogens with zero attached hydrogens (tertiary/aromatic N) is 2. The third-order valence-electron chi connectivity index (χ3n) is 3.50. The van der Waals surface area contributed by atoms with Gasteiger partial charge >= 0.3 is 0 Å². The average molecular weight is 342 g/mol. The van der Waals surface area contributed by atoms with Gasteiger partial charge in [0, 0.05) is 22.9 Å². The maximum atomic E-state index is 11.5. The van der Waals surface area contributed by atoms with Gasteiger partial charge in [-0.15, -0.1) is 0 Å². The molecule has 0 aliphatic heterocycles. The van der Waals surface area contributed by atoms with Crippen molar-refractivity contribution in [3.63, 3.8) is 0 Å².